The number of anilines is 3. The molecule has 7 heteroatoms. The summed E-state index contributed by atoms with van der Waals surface area (Å²) in [5, 5.41) is 0.172. The van der Waals surface area contributed by atoms with Gasteiger partial charge in [-0.15, -0.1) is 0 Å². The maximum atomic E-state index is 13.3. The van der Waals surface area contributed by atoms with Crippen LogP contribution in [0.15, 0.2) is 30.6 Å². The molecule has 0 saturated carbocycles. The Morgan fingerprint density at radius 2 is 1.40 bits per heavy atom. The van der Waals surface area contributed by atoms with Gasteiger partial charge >= 0.3 is 0 Å². The third-order valence-corrected chi connectivity index (χ3v) is 5.23. The van der Waals surface area contributed by atoms with Crippen molar-refractivity contribution < 1.29 is 4.39 Å². The van der Waals surface area contributed by atoms with Crippen LogP contribution in [0, 0.1) is 5.82 Å². The molecule has 25 heavy (non-hydrogen) atoms. The molecule has 3 heterocycles. The third kappa shape index (κ3) is 3.49. The Morgan fingerprint density at radius 3 is 2.04 bits per heavy atom. The predicted octanol–water partition coefficient (Wildman–Crippen LogP) is 3.20. The Labute approximate surface area is 152 Å². The van der Waals surface area contributed by atoms with Crippen LogP contribution in [0.25, 0.3) is 0 Å². The van der Waals surface area contributed by atoms with E-state index in [9.17, 15) is 4.39 Å². The van der Waals surface area contributed by atoms with Crippen molar-refractivity contribution in [3.8, 4) is 0 Å². The number of nitrogens with zero attached hydrogens (tertiary/aromatic N) is 5. The van der Waals surface area contributed by atoms with Crippen molar-refractivity contribution in [1.82, 2.24) is 9.97 Å². The second kappa shape index (κ2) is 7.04. The average Bonchev–Trinajstić information content (AvgIpc) is 3.19. The molecule has 5 nitrogen and oxygen atoms in total. The number of benzene rings is 1. The van der Waals surface area contributed by atoms with Crippen molar-refractivity contribution in [1.29, 1.82) is 0 Å². The molecule has 0 radical (unpaired) electrons. The molecular weight excluding hydrogens is 341 g/mol. The molecule has 1 aromatic carbocycles. The van der Waals surface area contributed by atoms with Crippen LogP contribution >= 0.6 is 11.6 Å². The summed E-state index contributed by atoms with van der Waals surface area (Å²) in [6.45, 7) is 5.60. The van der Waals surface area contributed by atoms with Crippen molar-refractivity contribution in [2.75, 3.05) is 54.0 Å². The fourth-order valence-electron chi connectivity index (χ4n) is 3.50. The first-order valence-corrected chi connectivity index (χ1v) is 9.10. The summed E-state index contributed by atoms with van der Waals surface area (Å²) in [4.78, 5) is 15.7. The molecule has 132 valence electrons. The van der Waals surface area contributed by atoms with Crippen LogP contribution in [-0.4, -0.2) is 49.2 Å². The fraction of sp³-hybridized carbons (Fsp3) is 0.444. The first kappa shape index (κ1) is 16.4. The Balaban J connectivity index is 1.43. The Bertz CT molecular complexity index is 742. The van der Waals surface area contributed by atoms with Crippen LogP contribution < -0.4 is 14.7 Å². The molecule has 0 spiro atoms. The summed E-state index contributed by atoms with van der Waals surface area (Å²) < 4.78 is 13.3. The highest BCUT2D eigenvalue weighted by atomic mass is 35.5. The Morgan fingerprint density at radius 1 is 0.800 bits per heavy atom. The predicted molar refractivity (Wildman–Crippen MR) is 99.3 cm³/mol. The normalized spacial score (nSPS) is 18.1. The van der Waals surface area contributed by atoms with Crippen LogP contribution in [-0.2, 0) is 0 Å². The van der Waals surface area contributed by atoms with Crippen molar-refractivity contribution in [2.24, 2.45) is 0 Å². The highest BCUT2D eigenvalue weighted by molar-refractivity contribution is 6.31. The van der Waals surface area contributed by atoms with E-state index in [0.717, 1.165) is 56.6 Å². The maximum absolute atomic E-state index is 13.3. The van der Waals surface area contributed by atoms with Gasteiger partial charge in [0.2, 0.25) is 0 Å². The number of hydrogen-bond donors (Lipinski definition) is 0. The zero-order valence-electron chi connectivity index (χ0n) is 14.0. The minimum atomic E-state index is -0.375. The smallest absolute Gasteiger partial charge is 0.141 e. The second-order valence-corrected chi connectivity index (χ2v) is 6.91. The van der Waals surface area contributed by atoms with Gasteiger partial charge in [-0.2, -0.15) is 0 Å². The van der Waals surface area contributed by atoms with E-state index in [1.165, 1.54) is 18.9 Å². The molecule has 0 N–H and O–H groups in total. The van der Waals surface area contributed by atoms with E-state index in [1.807, 2.05) is 0 Å². The van der Waals surface area contributed by atoms with Gasteiger partial charge in [-0.1, -0.05) is 11.6 Å². The van der Waals surface area contributed by atoms with Gasteiger partial charge in [0.05, 0.1) is 5.02 Å². The number of halogens is 2. The zero-order chi connectivity index (χ0) is 17.2. The first-order valence-electron chi connectivity index (χ1n) is 8.73. The highest BCUT2D eigenvalue weighted by Gasteiger charge is 2.21. The van der Waals surface area contributed by atoms with Crippen LogP contribution in [0.5, 0.6) is 0 Å². The van der Waals surface area contributed by atoms with Gasteiger partial charge in [0.25, 0.3) is 0 Å². The largest absolute Gasteiger partial charge is 0.368 e. The number of piperazine rings is 1. The van der Waals surface area contributed by atoms with Gasteiger partial charge < -0.3 is 14.7 Å². The molecular formula is C18H21ClFN5. The molecule has 1 aromatic heterocycles. The molecule has 2 aromatic rings. The molecule has 2 saturated heterocycles. The van der Waals surface area contributed by atoms with Crippen molar-refractivity contribution in [3.05, 3.63) is 41.4 Å². The van der Waals surface area contributed by atoms with Gasteiger partial charge in [0.15, 0.2) is 0 Å². The van der Waals surface area contributed by atoms with Crippen LogP contribution in [0.4, 0.5) is 21.7 Å². The van der Waals surface area contributed by atoms with E-state index < -0.39 is 0 Å². The van der Waals surface area contributed by atoms with Crippen LogP contribution in [0.2, 0.25) is 5.02 Å². The Hall–Kier alpha value is -2.08. The minimum absolute atomic E-state index is 0.172. The van der Waals surface area contributed by atoms with Crippen molar-refractivity contribution in [2.45, 2.75) is 12.8 Å². The van der Waals surface area contributed by atoms with E-state index in [1.54, 1.807) is 18.5 Å². The average molecular weight is 362 g/mol. The lowest BCUT2D eigenvalue weighted by molar-refractivity contribution is 0.624. The van der Waals surface area contributed by atoms with Crippen LogP contribution in [0.1, 0.15) is 12.8 Å². The molecule has 0 atom stereocenters. The van der Waals surface area contributed by atoms with Crippen molar-refractivity contribution >= 4 is 28.9 Å². The van der Waals surface area contributed by atoms with E-state index in [2.05, 4.69) is 30.7 Å². The standard InChI is InChI=1S/C18H21ClFN5/c19-15-11-14(3-4-16(15)20)23-7-9-25(10-8-23)18-12-17(21-13-22-18)24-5-1-2-6-24/h3-4,11-13H,1-2,5-10H2. The van der Waals surface area contributed by atoms with Gasteiger partial charge in [0.1, 0.15) is 23.8 Å². The van der Waals surface area contributed by atoms with Gasteiger partial charge in [-0.3, -0.25) is 0 Å². The number of rotatable bonds is 3. The molecule has 0 amide bonds. The molecule has 2 aliphatic heterocycles. The van der Waals surface area contributed by atoms with Crippen molar-refractivity contribution in [3.63, 3.8) is 0 Å². The monoisotopic (exact) mass is 361 g/mol. The second-order valence-electron chi connectivity index (χ2n) is 6.50. The van der Waals surface area contributed by atoms with E-state index in [0.29, 0.717) is 0 Å². The van der Waals surface area contributed by atoms with Gasteiger partial charge in [-0.25, -0.2) is 14.4 Å². The van der Waals surface area contributed by atoms with E-state index in [4.69, 9.17) is 11.6 Å². The summed E-state index contributed by atoms with van der Waals surface area (Å²) in [6, 6.07) is 7.00. The summed E-state index contributed by atoms with van der Waals surface area (Å²) >= 11 is 5.90. The molecule has 0 bridgehead atoms. The topological polar surface area (TPSA) is 35.5 Å². The van der Waals surface area contributed by atoms with E-state index >= 15 is 0 Å². The highest BCUT2D eigenvalue weighted by Crippen LogP contribution is 2.26. The lowest BCUT2D eigenvalue weighted by atomic mass is 10.2. The Kier molecular flexibility index (Phi) is 4.61. The van der Waals surface area contributed by atoms with E-state index in [-0.39, 0.29) is 10.8 Å². The quantitative estimate of drug-likeness (QED) is 0.839. The lowest BCUT2D eigenvalue weighted by Crippen LogP contribution is -2.46. The fourth-order valence-corrected chi connectivity index (χ4v) is 3.68. The minimum Gasteiger partial charge on any atom is -0.368 e. The number of aromatic nitrogens is 2. The van der Waals surface area contributed by atoms with Crippen LogP contribution in [0.3, 0.4) is 0 Å². The summed E-state index contributed by atoms with van der Waals surface area (Å²) in [5.74, 6) is 1.63. The molecule has 2 aliphatic rings. The van der Waals surface area contributed by atoms with Gasteiger partial charge in [0, 0.05) is 51.0 Å². The lowest BCUT2D eigenvalue weighted by Gasteiger charge is -2.37. The SMILES string of the molecule is Fc1ccc(N2CCN(c3cc(N4CCCC4)ncn3)CC2)cc1Cl. The first-order chi connectivity index (χ1) is 12.2. The number of hydrogen-bond acceptors (Lipinski definition) is 5. The molecule has 0 unspecified atom stereocenters. The molecule has 2 fully saturated rings. The summed E-state index contributed by atoms with van der Waals surface area (Å²) in [7, 11) is 0. The molecule has 4 rings (SSSR count). The molecule has 0 aliphatic carbocycles. The van der Waals surface area contributed by atoms with Gasteiger partial charge in [-0.05, 0) is 31.0 Å². The summed E-state index contributed by atoms with van der Waals surface area (Å²) in [5.41, 5.74) is 0.964. The maximum Gasteiger partial charge on any atom is 0.141 e. The summed E-state index contributed by atoms with van der Waals surface area (Å²) in [6.07, 6.45) is 4.13. The third-order valence-electron chi connectivity index (χ3n) is 4.94. The zero-order valence-corrected chi connectivity index (χ0v) is 14.8.